The molecule has 0 aliphatic carbocycles. The van der Waals surface area contributed by atoms with E-state index in [2.05, 4.69) is 19.1 Å². The van der Waals surface area contributed by atoms with Crippen LogP contribution in [-0.2, 0) is 13.0 Å². The Morgan fingerprint density at radius 2 is 1.72 bits per heavy atom. The smallest absolute Gasteiger partial charge is 0.149 e. The normalized spacial score (nSPS) is 10.3. The zero-order valence-corrected chi connectivity index (χ0v) is 10.3. The molecule has 0 unspecified atom stereocenters. The van der Waals surface area contributed by atoms with Crippen molar-refractivity contribution < 1.29 is 9.13 Å². The predicted octanol–water partition coefficient (Wildman–Crippen LogP) is 3.55. The fraction of sp³-hybridized carbons (Fsp3) is 0.200. The second-order valence-corrected chi connectivity index (χ2v) is 4.14. The number of hydrogen-bond acceptors (Lipinski definition) is 2. The first-order valence-electron chi connectivity index (χ1n) is 5.94. The van der Waals surface area contributed by atoms with Crippen LogP contribution in [0.5, 0.6) is 5.75 Å². The van der Waals surface area contributed by atoms with Gasteiger partial charge >= 0.3 is 0 Å². The number of nitrogen functional groups attached to an aromatic ring is 1. The molecule has 0 amide bonds. The van der Waals surface area contributed by atoms with E-state index in [0.29, 0.717) is 12.4 Å². The molecule has 0 aliphatic rings. The van der Waals surface area contributed by atoms with Gasteiger partial charge in [0.05, 0.1) is 5.69 Å². The molecule has 3 heteroatoms. The van der Waals surface area contributed by atoms with Crippen LogP contribution < -0.4 is 10.5 Å². The van der Waals surface area contributed by atoms with Crippen molar-refractivity contribution in [1.82, 2.24) is 0 Å². The molecule has 0 saturated carbocycles. The zero-order chi connectivity index (χ0) is 13.0. The molecule has 0 radical (unpaired) electrons. The van der Waals surface area contributed by atoms with Crippen LogP contribution in [0.3, 0.4) is 0 Å². The third-order valence-corrected chi connectivity index (χ3v) is 2.81. The molecule has 18 heavy (non-hydrogen) atoms. The maximum atomic E-state index is 13.2. The Morgan fingerprint density at radius 3 is 2.33 bits per heavy atom. The lowest BCUT2D eigenvalue weighted by molar-refractivity contribution is 0.304. The van der Waals surface area contributed by atoms with E-state index >= 15 is 0 Å². The molecule has 0 saturated heterocycles. The van der Waals surface area contributed by atoms with Gasteiger partial charge in [-0.25, -0.2) is 4.39 Å². The quantitative estimate of drug-likeness (QED) is 0.836. The number of benzene rings is 2. The van der Waals surface area contributed by atoms with Gasteiger partial charge in [0.2, 0.25) is 0 Å². The molecule has 2 aromatic rings. The molecule has 94 valence electrons. The van der Waals surface area contributed by atoms with E-state index < -0.39 is 5.82 Å². The van der Waals surface area contributed by atoms with E-state index in [4.69, 9.17) is 10.5 Å². The number of aryl methyl sites for hydroxylation is 1. The van der Waals surface area contributed by atoms with E-state index in [-0.39, 0.29) is 5.69 Å². The van der Waals surface area contributed by atoms with Crippen molar-refractivity contribution in [3.05, 3.63) is 59.4 Å². The molecular formula is C15H16FNO. The van der Waals surface area contributed by atoms with Gasteiger partial charge in [0.1, 0.15) is 18.2 Å². The third-order valence-electron chi connectivity index (χ3n) is 2.81. The molecule has 2 N–H and O–H groups in total. The molecule has 0 aromatic heterocycles. The Hall–Kier alpha value is -2.03. The Bertz CT molecular complexity index is 523. The van der Waals surface area contributed by atoms with E-state index in [1.807, 2.05) is 12.1 Å². The number of anilines is 1. The summed E-state index contributed by atoms with van der Waals surface area (Å²) in [5.41, 5.74) is 7.88. The predicted molar refractivity (Wildman–Crippen MR) is 71.0 cm³/mol. The lowest BCUT2D eigenvalue weighted by atomic mass is 10.1. The summed E-state index contributed by atoms with van der Waals surface area (Å²) in [6.45, 7) is 2.54. The summed E-state index contributed by atoms with van der Waals surface area (Å²) in [4.78, 5) is 0. The van der Waals surface area contributed by atoms with Crippen LogP contribution >= 0.6 is 0 Å². The van der Waals surface area contributed by atoms with Crippen LogP contribution in [0.15, 0.2) is 42.5 Å². The maximum absolute atomic E-state index is 13.2. The standard InChI is InChI=1S/C15H16FNO/c1-2-11-3-5-12(6-4-11)10-18-13-7-8-15(17)14(16)9-13/h3-9H,2,10,17H2,1H3. The van der Waals surface area contributed by atoms with E-state index in [9.17, 15) is 4.39 Å². The highest BCUT2D eigenvalue weighted by Gasteiger charge is 2.01. The van der Waals surface area contributed by atoms with Crippen LogP contribution in [0, 0.1) is 5.82 Å². The van der Waals surface area contributed by atoms with Crippen molar-refractivity contribution in [2.45, 2.75) is 20.0 Å². The van der Waals surface area contributed by atoms with Crippen LogP contribution in [-0.4, -0.2) is 0 Å². The lowest BCUT2D eigenvalue weighted by Crippen LogP contribution is -1.97. The minimum atomic E-state index is -0.450. The summed E-state index contributed by atoms with van der Waals surface area (Å²) in [5.74, 6) is 0.0371. The van der Waals surface area contributed by atoms with E-state index in [1.54, 1.807) is 6.07 Å². The van der Waals surface area contributed by atoms with Crippen molar-refractivity contribution in [3.8, 4) is 5.75 Å². The second-order valence-electron chi connectivity index (χ2n) is 4.14. The molecular weight excluding hydrogens is 229 g/mol. The molecule has 0 atom stereocenters. The molecule has 0 bridgehead atoms. The molecule has 2 nitrogen and oxygen atoms in total. The lowest BCUT2D eigenvalue weighted by Gasteiger charge is -2.07. The molecule has 0 aliphatic heterocycles. The van der Waals surface area contributed by atoms with Gasteiger partial charge in [0.25, 0.3) is 0 Å². The van der Waals surface area contributed by atoms with Gasteiger partial charge in [0, 0.05) is 6.07 Å². The van der Waals surface area contributed by atoms with Crippen LogP contribution in [0.25, 0.3) is 0 Å². The summed E-state index contributed by atoms with van der Waals surface area (Å²) < 4.78 is 18.7. The molecule has 0 fully saturated rings. The summed E-state index contributed by atoms with van der Waals surface area (Å²) >= 11 is 0. The van der Waals surface area contributed by atoms with Crippen molar-refractivity contribution in [2.24, 2.45) is 0 Å². The first kappa shape index (κ1) is 12.4. The largest absolute Gasteiger partial charge is 0.489 e. The summed E-state index contributed by atoms with van der Waals surface area (Å²) in [6.07, 6.45) is 1.02. The van der Waals surface area contributed by atoms with Gasteiger partial charge in [-0.1, -0.05) is 31.2 Å². The topological polar surface area (TPSA) is 35.2 Å². The minimum Gasteiger partial charge on any atom is -0.489 e. The van der Waals surface area contributed by atoms with Gasteiger partial charge in [-0.2, -0.15) is 0 Å². The SMILES string of the molecule is CCc1ccc(COc2ccc(N)c(F)c2)cc1. The van der Waals surface area contributed by atoms with Crippen LogP contribution in [0.4, 0.5) is 10.1 Å². The fourth-order valence-electron chi connectivity index (χ4n) is 1.64. The first-order valence-corrected chi connectivity index (χ1v) is 5.94. The average Bonchev–Trinajstić information content (AvgIpc) is 2.41. The Balaban J connectivity index is 1.99. The Morgan fingerprint density at radius 1 is 1.06 bits per heavy atom. The minimum absolute atomic E-state index is 0.134. The number of ether oxygens (including phenoxy) is 1. The zero-order valence-electron chi connectivity index (χ0n) is 10.3. The van der Waals surface area contributed by atoms with Crippen molar-refractivity contribution in [1.29, 1.82) is 0 Å². The van der Waals surface area contributed by atoms with Gasteiger partial charge in [-0.15, -0.1) is 0 Å². The van der Waals surface area contributed by atoms with Gasteiger partial charge in [-0.3, -0.25) is 0 Å². The Labute approximate surface area is 106 Å². The van der Waals surface area contributed by atoms with Gasteiger partial charge < -0.3 is 10.5 Å². The highest BCUT2D eigenvalue weighted by molar-refractivity contribution is 5.43. The Kier molecular flexibility index (Phi) is 3.82. The summed E-state index contributed by atoms with van der Waals surface area (Å²) in [5, 5.41) is 0. The molecule has 0 spiro atoms. The molecule has 2 aromatic carbocycles. The fourth-order valence-corrected chi connectivity index (χ4v) is 1.64. The summed E-state index contributed by atoms with van der Waals surface area (Å²) in [6, 6.07) is 12.7. The van der Waals surface area contributed by atoms with Crippen LogP contribution in [0.2, 0.25) is 0 Å². The third kappa shape index (κ3) is 3.00. The van der Waals surface area contributed by atoms with Gasteiger partial charge in [0.15, 0.2) is 0 Å². The highest BCUT2D eigenvalue weighted by Crippen LogP contribution is 2.19. The van der Waals surface area contributed by atoms with E-state index in [0.717, 1.165) is 12.0 Å². The number of halogens is 1. The van der Waals surface area contributed by atoms with Crippen LogP contribution in [0.1, 0.15) is 18.1 Å². The van der Waals surface area contributed by atoms with Crippen molar-refractivity contribution in [2.75, 3.05) is 5.73 Å². The van der Waals surface area contributed by atoms with Gasteiger partial charge in [-0.05, 0) is 29.7 Å². The number of rotatable bonds is 4. The molecule has 2 rings (SSSR count). The van der Waals surface area contributed by atoms with E-state index in [1.165, 1.54) is 17.7 Å². The number of nitrogens with two attached hydrogens (primary N) is 1. The molecule has 0 heterocycles. The van der Waals surface area contributed by atoms with Crippen molar-refractivity contribution >= 4 is 5.69 Å². The first-order chi connectivity index (χ1) is 8.69. The summed E-state index contributed by atoms with van der Waals surface area (Å²) in [7, 11) is 0. The number of hydrogen-bond donors (Lipinski definition) is 1. The second kappa shape index (κ2) is 5.54. The maximum Gasteiger partial charge on any atom is 0.149 e. The van der Waals surface area contributed by atoms with Crippen molar-refractivity contribution in [3.63, 3.8) is 0 Å². The highest BCUT2D eigenvalue weighted by atomic mass is 19.1. The monoisotopic (exact) mass is 245 g/mol. The average molecular weight is 245 g/mol.